The fraction of sp³-hybridized carbons (Fsp3) is 0.360. The van der Waals surface area contributed by atoms with Crippen LogP contribution in [-0.4, -0.2) is 106 Å². The normalized spacial score (nSPS) is 15.2. The van der Waals surface area contributed by atoms with Crippen LogP contribution < -0.4 is 10.6 Å². The molecule has 2 saturated heterocycles. The number of likely N-dealkylation sites (tertiary alicyclic amines) is 2. The van der Waals surface area contributed by atoms with Crippen molar-refractivity contribution in [3.05, 3.63) is 144 Å². The van der Waals surface area contributed by atoms with Gasteiger partial charge < -0.3 is 54.1 Å². The quantitative estimate of drug-likeness (QED) is 0.0839. The average Bonchev–Trinajstić information content (AvgIpc) is 4.10. The summed E-state index contributed by atoms with van der Waals surface area (Å²) in [7, 11) is 0. The maximum atomic E-state index is 9.44. The van der Waals surface area contributed by atoms with Crippen molar-refractivity contribution in [2.45, 2.75) is 77.5 Å². The van der Waals surface area contributed by atoms with E-state index in [1.807, 2.05) is 62.4 Å². The van der Waals surface area contributed by atoms with Crippen LogP contribution in [0.25, 0.3) is 22.1 Å². The van der Waals surface area contributed by atoms with E-state index >= 15 is 0 Å². The molecule has 0 aliphatic carbocycles. The molecule has 4 aromatic carbocycles. The fourth-order valence-corrected chi connectivity index (χ4v) is 8.83. The van der Waals surface area contributed by atoms with E-state index in [2.05, 4.69) is 63.8 Å². The molecule has 8 aromatic rings. The lowest BCUT2D eigenvalue weighted by Crippen LogP contribution is -2.40. The number of anilines is 2. The molecule has 2 aliphatic heterocycles. The Balaban J connectivity index is 0.000000175. The molecule has 10 rings (SSSR count). The number of oxazole rings is 2. The standard InChI is InChI=1S/2C25H29N5O2.H2O/c2*1-18-26-16-22(32-18)17-30-24-5-3-2-4-23(24)28-25(30)27-20-11-14-29(15-12-20)13-10-19-6-8-21(31)9-7-19;/h2*2-9,16,20,31H,10-15,17H2,1H3,(H,27,28);1H2. The number of imidazole rings is 2. The second-order valence-electron chi connectivity index (χ2n) is 17.1. The van der Waals surface area contributed by atoms with Crippen molar-refractivity contribution < 1.29 is 24.5 Å². The molecule has 4 aromatic heterocycles. The summed E-state index contributed by atoms with van der Waals surface area (Å²) in [6.45, 7) is 11.3. The summed E-state index contributed by atoms with van der Waals surface area (Å²) in [5.41, 5.74) is 6.68. The summed E-state index contributed by atoms with van der Waals surface area (Å²) in [6, 6.07) is 32.3. The lowest BCUT2D eigenvalue weighted by atomic mass is 10.0. The summed E-state index contributed by atoms with van der Waals surface area (Å²) >= 11 is 0. The van der Waals surface area contributed by atoms with Gasteiger partial charge in [-0.1, -0.05) is 48.5 Å². The van der Waals surface area contributed by atoms with Gasteiger partial charge in [0.25, 0.3) is 0 Å². The van der Waals surface area contributed by atoms with E-state index < -0.39 is 0 Å². The number of hydrogen-bond acceptors (Lipinski definition) is 12. The second kappa shape index (κ2) is 20.9. The molecule has 0 unspecified atom stereocenters. The first kappa shape index (κ1) is 44.9. The number of aryl methyl sites for hydroxylation is 2. The lowest BCUT2D eigenvalue weighted by molar-refractivity contribution is 0.221. The van der Waals surface area contributed by atoms with Gasteiger partial charge in [-0.25, -0.2) is 19.9 Å². The Morgan fingerprint density at radius 3 is 1.31 bits per heavy atom. The van der Waals surface area contributed by atoms with Crippen LogP contribution in [0.1, 0.15) is 60.1 Å². The van der Waals surface area contributed by atoms with Crippen molar-refractivity contribution in [1.29, 1.82) is 0 Å². The molecule has 65 heavy (non-hydrogen) atoms. The summed E-state index contributed by atoms with van der Waals surface area (Å²) in [5, 5.41) is 26.3. The van der Waals surface area contributed by atoms with Crippen LogP contribution in [0.15, 0.2) is 118 Å². The van der Waals surface area contributed by atoms with Crippen molar-refractivity contribution in [3.8, 4) is 11.5 Å². The first-order chi connectivity index (χ1) is 31.3. The Kier molecular flexibility index (Phi) is 14.4. The minimum Gasteiger partial charge on any atom is -0.508 e. The smallest absolute Gasteiger partial charge is 0.204 e. The predicted molar refractivity (Wildman–Crippen MR) is 254 cm³/mol. The summed E-state index contributed by atoms with van der Waals surface area (Å²) in [6.07, 6.45) is 9.93. The van der Waals surface area contributed by atoms with E-state index in [1.54, 1.807) is 36.7 Å². The number of phenolic OH excluding ortho intramolecular Hbond substituents is 2. The van der Waals surface area contributed by atoms with E-state index in [-0.39, 0.29) is 5.48 Å². The molecule has 0 spiro atoms. The highest BCUT2D eigenvalue weighted by Gasteiger charge is 2.24. The molecule has 15 nitrogen and oxygen atoms in total. The molecule has 2 aliphatic rings. The zero-order valence-corrected chi connectivity index (χ0v) is 37.2. The van der Waals surface area contributed by atoms with Crippen molar-refractivity contribution in [1.82, 2.24) is 38.9 Å². The van der Waals surface area contributed by atoms with Gasteiger partial charge in [-0.3, -0.25) is 0 Å². The minimum atomic E-state index is 0. The Labute approximate surface area is 379 Å². The fourth-order valence-electron chi connectivity index (χ4n) is 8.83. The topological polar surface area (TPSA) is 190 Å². The second-order valence-corrected chi connectivity index (χ2v) is 17.1. The molecule has 6 N–H and O–H groups in total. The Morgan fingerprint density at radius 2 is 0.938 bits per heavy atom. The molecule has 0 radical (unpaired) electrons. The maximum absolute atomic E-state index is 9.44. The third-order valence-electron chi connectivity index (χ3n) is 12.4. The monoisotopic (exact) mass is 880 g/mol. The zero-order chi connectivity index (χ0) is 43.8. The number of benzene rings is 4. The lowest BCUT2D eigenvalue weighted by Gasteiger charge is -2.32. The SMILES string of the molecule is Cc1ncc(Cn2c(NC3CCN(CCc4ccc(O)cc4)CC3)nc3ccccc32)o1.Cc1ncc(Cn2c(NC3CCN(CCc4ccc(O)cc4)CC3)nc3ccccc32)o1.O. The largest absolute Gasteiger partial charge is 0.508 e. The van der Waals surface area contributed by atoms with E-state index in [0.717, 1.165) is 123 Å². The van der Waals surface area contributed by atoms with Crippen LogP contribution in [0, 0.1) is 13.8 Å². The highest BCUT2D eigenvalue weighted by atomic mass is 16.4. The molecular formula is C50H60N10O5. The number of phenols is 2. The first-order valence-electron chi connectivity index (χ1n) is 22.5. The highest BCUT2D eigenvalue weighted by Crippen LogP contribution is 2.26. The molecule has 2 fully saturated rings. The van der Waals surface area contributed by atoms with Crippen LogP contribution >= 0.6 is 0 Å². The van der Waals surface area contributed by atoms with Gasteiger partial charge in [-0.15, -0.1) is 0 Å². The third-order valence-corrected chi connectivity index (χ3v) is 12.4. The predicted octanol–water partition coefficient (Wildman–Crippen LogP) is 7.59. The summed E-state index contributed by atoms with van der Waals surface area (Å²) in [4.78, 5) is 23.2. The number of fused-ring (bicyclic) bond motifs is 2. The number of aromatic nitrogens is 6. The van der Waals surface area contributed by atoms with Gasteiger partial charge in [-0.05, 0) is 98.2 Å². The summed E-state index contributed by atoms with van der Waals surface area (Å²) < 4.78 is 15.8. The van der Waals surface area contributed by atoms with Crippen molar-refractivity contribution in [2.24, 2.45) is 0 Å². The van der Waals surface area contributed by atoms with Gasteiger partial charge in [0.1, 0.15) is 23.0 Å². The van der Waals surface area contributed by atoms with Gasteiger partial charge in [-0.2, -0.15) is 0 Å². The first-order valence-corrected chi connectivity index (χ1v) is 22.5. The number of nitrogens with zero attached hydrogens (tertiary/aromatic N) is 8. The van der Waals surface area contributed by atoms with E-state index in [9.17, 15) is 10.2 Å². The van der Waals surface area contributed by atoms with Crippen LogP contribution in [0.4, 0.5) is 11.9 Å². The number of nitrogens with one attached hydrogen (secondary N) is 2. The molecule has 0 amide bonds. The van der Waals surface area contributed by atoms with E-state index in [0.29, 0.717) is 48.5 Å². The van der Waals surface area contributed by atoms with Crippen LogP contribution in [0.5, 0.6) is 11.5 Å². The highest BCUT2D eigenvalue weighted by molar-refractivity contribution is 5.79. The maximum Gasteiger partial charge on any atom is 0.204 e. The van der Waals surface area contributed by atoms with Gasteiger partial charge in [0.15, 0.2) is 11.8 Å². The molecule has 0 atom stereocenters. The number of para-hydroxylation sites is 4. The van der Waals surface area contributed by atoms with Crippen LogP contribution in [0.3, 0.4) is 0 Å². The third kappa shape index (κ3) is 11.5. The number of hydrogen-bond donors (Lipinski definition) is 4. The van der Waals surface area contributed by atoms with Crippen molar-refractivity contribution >= 4 is 34.0 Å². The Hall–Kier alpha value is -6.68. The molecule has 0 bridgehead atoms. The Morgan fingerprint density at radius 1 is 0.554 bits per heavy atom. The van der Waals surface area contributed by atoms with Crippen LogP contribution in [0.2, 0.25) is 0 Å². The number of piperidine rings is 2. The number of rotatable bonds is 14. The average molecular weight is 881 g/mol. The van der Waals surface area contributed by atoms with Gasteiger partial charge in [0.05, 0.1) is 47.6 Å². The Bertz CT molecular complexity index is 2540. The molecule has 15 heteroatoms. The number of aromatic hydroxyl groups is 2. The molecular weight excluding hydrogens is 821 g/mol. The summed E-state index contributed by atoms with van der Waals surface area (Å²) in [5.74, 6) is 5.45. The van der Waals surface area contributed by atoms with Gasteiger partial charge in [0.2, 0.25) is 11.9 Å². The molecule has 6 heterocycles. The molecule has 0 saturated carbocycles. The van der Waals surface area contributed by atoms with E-state index in [1.165, 1.54) is 11.1 Å². The van der Waals surface area contributed by atoms with Crippen molar-refractivity contribution in [2.75, 3.05) is 49.9 Å². The van der Waals surface area contributed by atoms with Gasteiger partial charge >= 0.3 is 0 Å². The zero-order valence-electron chi connectivity index (χ0n) is 37.2. The van der Waals surface area contributed by atoms with E-state index in [4.69, 9.17) is 18.8 Å². The molecule has 340 valence electrons. The van der Waals surface area contributed by atoms with Crippen molar-refractivity contribution in [3.63, 3.8) is 0 Å². The minimum absolute atomic E-state index is 0. The van der Waals surface area contributed by atoms with Gasteiger partial charge in [0, 0.05) is 65.2 Å². The van der Waals surface area contributed by atoms with Crippen LogP contribution in [-0.2, 0) is 25.9 Å².